The molecule has 9 heteroatoms. The number of rotatable bonds is 2. The van der Waals surface area contributed by atoms with E-state index in [0.717, 1.165) is 24.8 Å². The zero-order valence-electron chi connectivity index (χ0n) is 20.9. The number of aliphatic hydroxyl groups is 1. The third-order valence-corrected chi connectivity index (χ3v) is 9.09. The topological polar surface area (TPSA) is 138 Å². The van der Waals surface area contributed by atoms with Crippen molar-refractivity contribution in [2.45, 2.75) is 78.9 Å². The van der Waals surface area contributed by atoms with Crippen LogP contribution in [-0.2, 0) is 14.3 Å². The van der Waals surface area contributed by atoms with E-state index in [0.29, 0.717) is 30.6 Å². The molecular weight excluding hydrogens is 472 g/mol. The number of carboxylic acid groups (broad SMARTS) is 2. The van der Waals surface area contributed by atoms with Crippen molar-refractivity contribution in [1.29, 1.82) is 0 Å². The van der Waals surface area contributed by atoms with E-state index in [9.17, 15) is 24.3 Å². The first-order valence-corrected chi connectivity index (χ1v) is 13.0. The second-order valence-corrected chi connectivity index (χ2v) is 11.8. The number of ether oxygens (including phenoxy) is 1. The minimum absolute atomic E-state index is 0.113. The van der Waals surface area contributed by atoms with Crippen LogP contribution in [0.1, 0.15) is 66.7 Å². The van der Waals surface area contributed by atoms with Gasteiger partial charge in [0.1, 0.15) is 6.10 Å². The monoisotopic (exact) mass is 508 g/mol. The number of fused-ring (bicyclic) bond motifs is 5. The number of hydrogen-bond donors (Lipinski definition) is 3. The number of carbonyl (C=O) groups is 4. The van der Waals surface area contributed by atoms with Gasteiger partial charge in [-0.25, -0.2) is 9.59 Å². The lowest BCUT2D eigenvalue weighted by molar-refractivity contribution is -0.170. The number of ketones is 1. The Bertz CT molecular complexity index is 958. The van der Waals surface area contributed by atoms with Gasteiger partial charge in [-0.15, -0.1) is 0 Å². The van der Waals surface area contributed by atoms with Crippen LogP contribution >= 0.6 is 11.8 Å². The SMILES string of the molecule is CCC(=O)O[C@@H]1[C@H](C)C[C@H]2[C@@H]3CCC4=CC(=O)C(C)=C[C@]4(C)[C@H]3[C@@H](O)C[C@]12C.O=C(O)SC(=O)O. The summed E-state index contributed by atoms with van der Waals surface area (Å²) in [6.45, 7) is 10.4. The summed E-state index contributed by atoms with van der Waals surface area (Å²) >= 11 is -0.157. The normalized spacial score (nSPS) is 39.5. The lowest BCUT2D eigenvalue weighted by atomic mass is 9.47. The summed E-state index contributed by atoms with van der Waals surface area (Å²) in [6, 6.07) is 0. The molecule has 0 aliphatic heterocycles. The van der Waals surface area contributed by atoms with Gasteiger partial charge >= 0.3 is 16.6 Å². The first-order chi connectivity index (χ1) is 16.2. The van der Waals surface area contributed by atoms with Gasteiger partial charge in [-0.1, -0.05) is 39.3 Å². The highest BCUT2D eigenvalue weighted by Crippen LogP contribution is 2.66. The van der Waals surface area contributed by atoms with Crippen LogP contribution in [-0.4, -0.2) is 49.9 Å². The van der Waals surface area contributed by atoms with Crippen LogP contribution in [0.2, 0.25) is 0 Å². The number of esters is 1. The van der Waals surface area contributed by atoms with Gasteiger partial charge in [-0.3, -0.25) is 9.59 Å². The highest BCUT2D eigenvalue weighted by atomic mass is 32.2. The predicted molar refractivity (Wildman–Crippen MR) is 131 cm³/mol. The van der Waals surface area contributed by atoms with Crippen molar-refractivity contribution in [1.82, 2.24) is 0 Å². The molecular formula is C26H36O8S. The Morgan fingerprint density at radius 3 is 2.37 bits per heavy atom. The van der Waals surface area contributed by atoms with Gasteiger partial charge in [0.25, 0.3) is 0 Å². The van der Waals surface area contributed by atoms with E-state index in [1.54, 1.807) is 0 Å². The van der Waals surface area contributed by atoms with Gasteiger partial charge in [0.15, 0.2) is 5.78 Å². The molecule has 3 N–H and O–H groups in total. The molecule has 8 atom stereocenters. The summed E-state index contributed by atoms with van der Waals surface area (Å²) in [5, 5.41) is 23.9. The molecule has 0 aromatic heterocycles. The highest BCUT2D eigenvalue weighted by Gasteiger charge is 2.64. The smallest absolute Gasteiger partial charge is 0.376 e. The second-order valence-electron chi connectivity index (χ2n) is 10.9. The summed E-state index contributed by atoms with van der Waals surface area (Å²) < 4.78 is 5.92. The molecule has 0 aromatic carbocycles. The third-order valence-electron chi connectivity index (χ3n) is 8.74. The van der Waals surface area contributed by atoms with E-state index in [-0.39, 0.29) is 46.4 Å². The number of carbonyl (C=O) groups excluding carboxylic acids is 2. The van der Waals surface area contributed by atoms with Crippen LogP contribution in [0.3, 0.4) is 0 Å². The average molecular weight is 509 g/mol. The van der Waals surface area contributed by atoms with Crippen molar-refractivity contribution in [3.63, 3.8) is 0 Å². The maximum Gasteiger partial charge on any atom is 0.376 e. The molecule has 0 aromatic rings. The van der Waals surface area contributed by atoms with Crippen LogP contribution in [0.4, 0.5) is 9.59 Å². The molecule has 3 saturated carbocycles. The summed E-state index contributed by atoms with van der Waals surface area (Å²) in [7, 11) is 0. The van der Waals surface area contributed by atoms with E-state index in [4.69, 9.17) is 14.9 Å². The molecule has 35 heavy (non-hydrogen) atoms. The molecule has 0 saturated heterocycles. The van der Waals surface area contributed by atoms with Crippen molar-refractivity contribution >= 4 is 34.1 Å². The summed E-state index contributed by atoms with van der Waals surface area (Å²) in [5.74, 6) is 1.24. The molecule has 4 aliphatic rings. The summed E-state index contributed by atoms with van der Waals surface area (Å²) in [5.41, 5.74) is 1.56. The fraction of sp³-hybridized carbons (Fsp3) is 0.692. The maximum atomic E-state index is 12.2. The highest BCUT2D eigenvalue weighted by molar-refractivity contribution is 8.25. The lowest BCUT2D eigenvalue weighted by Gasteiger charge is -2.58. The molecule has 0 spiro atoms. The number of thioether (sulfide) groups is 1. The van der Waals surface area contributed by atoms with E-state index in [2.05, 4.69) is 26.8 Å². The Kier molecular flexibility index (Phi) is 7.91. The fourth-order valence-electron chi connectivity index (χ4n) is 7.49. The Balaban J connectivity index is 0.000000429. The molecule has 4 rings (SSSR count). The van der Waals surface area contributed by atoms with Crippen molar-refractivity contribution < 1.29 is 39.2 Å². The van der Waals surface area contributed by atoms with E-state index >= 15 is 0 Å². The standard InChI is InChI=1S/C24H34O4.C2H2O4S/c1-6-20(27)28-22-13(2)9-17-16-8-7-15-10-18(25)14(3)11-23(15,4)21(16)19(26)12-24(17,22)5;3-1(4)7-2(5)6/h10-11,13,16-17,19,21-22,26H,6-9,12H2,1-5H3;(H,3,4)(H,5,6)/t13-,16+,17+,19+,21-,22-,23+,24+;/m1./s1. The molecule has 194 valence electrons. The van der Waals surface area contributed by atoms with E-state index < -0.39 is 16.7 Å². The predicted octanol–water partition coefficient (Wildman–Crippen LogP) is 5.30. The van der Waals surface area contributed by atoms with Gasteiger partial charge in [-0.05, 0) is 62.0 Å². The Morgan fingerprint density at radius 1 is 1.20 bits per heavy atom. The Labute approximate surface area is 210 Å². The number of aliphatic hydroxyl groups excluding tert-OH is 1. The molecule has 3 fully saturated rings. The molecule has 8 nitrogen and oxygen atoms in total. The molecule has 0 radical (unpaired) electrons. The lowest BCUT2D eigenvalue weighted by Crippen LogP contribution is -2.57. The first kappa shape index (κ1) is 27.5. The Morgan fingerprint density at radius 2 is 1.83 bits per heavy atom. The third kappa shape index (κ3) is 5.07. The molecule has 0 unspecified atom stereocenters. The minimum Gasteiger partial charge on any atom is -0.473 e. The van der Waals surface area contributed by atoms with Gasteiger partial charge < -0.3 is 20.1 Å². The van der Waals surface area contributed by atoms with Crippen LogP contribution in [0.25, 0.3) is 0 Å². The van der Waals surface area contributed by atoms with Crippen LogP contribution in [0.5, 0.6) is 0 Å². The molecule has 0 bridgehead atoms. The molecule has 4 aliphatic carbocycles. The average Bonchev–Trinajstić information content (AvgIpc) is 2.98. The quantitative estimate of drug-likeness (QED) is 0.424. The van der Waals surface area contributed by atoms with Gasteiger partial charge in [-0.2, -0.15) is 0 Å². The van der Waals surface area contributed by atoms with Crippen LogP contribution < -0.4 is 0 Å². The van der Waals surface area contributed by atoms with Gasteiger partial charge in [0, 0.05) is 23.2 Å². The van der Waals surface area contributed by atoms with E-state index in [1.165, 1.54) is 5.57 Å². The van der Waals surface area contributed by atoms with Crippen molar-refractivity contribution in [2.24, 2.45) is 34.5 Å². The zero-order valence-corrected chi connectivity index (χ0v) is 21.8. The van der Waals surface area contributed by atoms with Crippen molar-refractivity contribution in [2.75, 3.05) is 0 Å². The summed E-state index contributed by atoms with van der Waals surface area (Å²) in [4.78, 5) is 43.1. The summed E-state index contributed by atoms with van der Waals surface area (Å²) in [6.07, 6.45) is 7.40. The van der Waals surface area contributed by atoms with E-state index in [1.807, 2.05) is 19.9 Å². The Hall–Kier alpha value is -2.13. The number of hydrogen-bond acceptors (Lipinski definition) is 7. The maximum absolute atomic E-state index is 12.2. The van der Waals surface area contributed by atoms with Gasteiger partial charge in [0.05, 0.1) is 17.9 Å². The second kappa shape index (κ2) is 10.1. The van der Waals surface area contributed by atoms with Crippen molar-refractivity contribution in [3.8, 4) is 0 Å². The molecule has 0 amide bonds. The van der Waals surface area contributed by atoms with Crippen molar-refractivity contribution in [3.05, 3.63) is 23.3 Å². The van der Waals surface area contributed by atoms with Crippen LogP contribution in [0.15, 0.2) is 23.3 Å². The minimum atomic E-state index is -1.40. The van der Waals surface area contributed by atoms with Crippen LogP contribution in [0, 0.1) is 34.5 Å². The largest absolute Gasteiger partial charge is 0.473 e. The fourth-order valence-corrected chi connectivity index (χ4v) is 7.64. The number of allylic oxidation sites excluding steroid dienone is 4. The molecule has 0 heterocycles. The first-order valence-electron chi connectivity index (χ1n) is 12.2. The zero-order chi connectivity index (χ0) is 26.3. The van der Waals surface area contributed by atoms with Gasteiger partial charge in [0.2, 0.25) is 0 Å².